The maximum absolute atomic E-state index is 4.64. The lowest BCUT2D eigenvalue weighted by Gasteiger charge is -2.35. The molecule has 0 amide bonds. The molecule has 0 spiro atoms. The first-order chi connectivity index (χ1) is 10.2. The lowest BCUT2D eigenvalue weighted by Crippen LogP contribution is -2.44. The Morgan fingerprint density at radius 2 is 2.19 bits per heavy atom. The van der Waals surface area contributed by atoms with Gasteiger partial charge in [-0.2, -0.15) is 0 Å². The first kappa shape index (κ1) is 14.9. The van der Waals surface area contributed by atoms with Crippen molar-refractivity contribution in [3.63, 3.8) is 0 Å². The first-order valence-electron chi connectivity index (χ1n) is 8.26. The van der Waals surface area contributed by atoms with E-state index in [0.29, 0.717) is 6.04 Å². The van der Waals surface area contributed by atoms with E-state index in [1.807, 2.05) is 6.20 Å². The Balaban J connectivity index is 1.49. The third-order valence-corrected chi connectivity index (χ3v) is 4.69. The molecular formula is C17H28N4. The summed E-state index contributed by atoms with van der Waals surface area (Å²) in [7, 11) is 4.45. The molecule has 116 valence electrons. The van der Waals surface area contributed by atoms with Gasteiger partial charge in [-0.15, -0.1) is 0 Å². The van der Waals surface area contributed by atoms with Gasteiger partial charge in [-0.1, -0.05) is 6.07 Å². The summed E-state index contributed by atoms with van der Waals surface area (Å²) in [6, 6.07) is 5.84. The fourth-order valence-corrected chi connectivity index (χ4v) is 3.09. The smallest absolute Gasteiger partial charge is 0.0544 e. The zero-order valence-corrected chi connectivity index (χ0v) is 13.4. The van der Waals surface area contributed by atoms with Gasteiger partial charge in [-0.3, -0.25) is 9.88 Å². The van der Waals surface area contributed by atoms with Crippen LogP contribution in [0.5, 0.6) is 0 Å². The number of likely N-dealkylation sites (tertiary alicyclic amines) is 1. The molecule has 2 heterocycles. The molecule has 1 aromatic rings. The molecule has 0 bridgehead atoms. The van der Waals surface area contributed by atoms with Crippen LogP contribution in [0.15, 0.2) is 18.3 Å². The summed E-state index contributed by atoms with van der Waals surface area (Å²) < 4.78 is 0. The van der Waals surface area contributed by atoms with Crippen molar-refractivity contribution in [1.29, 1.82) is 0 Å². The van der Waals surface area contributed by atoms with Crippen molar-refractivity contribution in [1.82, 2.24) is 20.1 Å². The van der Waals surface area contributed by atoms with Crippen LogP contribution in [0.3, 0.4) is 0 Å². The first-order valence-corrected chi connectivity index (χ1v) is 8.26. The molecule has 0 aromatic carbocycles. The van der Waals surface area contributed by atoms with E-state index in [4.69, 9.17) is 0 Å². The van der Waals surface area contributed by atoms with Crippen LogP contribution < -0.4 is 5.32 Å². The highest BCUT2D eigenvalue weighted by Crippen LogP contribution is 2.19. The van der Waals surface area contributed by atoms with Crippen molar-refractivity contribution in [3.8, 4) is 0 Å². The molecule has 2 fully saturated rings. The molecule has 1 N–H and O–H groups in total. The molecule has 0 radical (unpaired) electrons. The number of hydrogen-bond donors (Lipinski definition) is 1. The summed E-state index contributed by atoms with van der Waals surface area (Å²) in [6.07, 6.45) is 7.33. The Hall–Kier alpha value is -0.970. The zero-order chi connectivity index (χ0) is 14.7. The summed E-state index contributed by atoms with van der Waals surface area (Å²) in [5.74, 6) is 0. The van der Waals surface area contributed by atoms with Crippen molar-refractivity contribution in [3.05, 3.63) is 29.6 Å². The molecule has 1 aromatic heterocycles. The molecule has 3 rings (SSSR count). The standard InChI is InChI=1S/C17H28N4/c1-20-9-3-4-17(13-20)21(2)12-16-6-5-14(11-19-16)10-18-15-7-8-15/h5-6,11,15,17-18H,3-4,7-10,12-13H2,1-2H3. The summed E-state index contributed by atoms with van der Waals surface area (Å²) >= 11 is 0. The maximum Gasteiger partial charge on any atom is 0.0544 e. The quantitative estimate of drug-likeness (QED) is 0.866. The molecule has 1 atom stereocenters. The van der Waals surface area contributed by atoms with Gasteiger partial charge in [-0.25, -0.2) is 0 Å². The van der Waals surface area contributed by atoms with E-state index in [0.717, 1.165) is 19.1 Å². The van der Waals surface area contributed by atoms with Crippen molar-refractivity contribution >= 4 is 0 Å². The van der Waals surface area contributed by atoms with Gasteiger partial charge < -0.3 is 10.2 Å². The summed E-state index contributed by atoms with van der Waals surface area (Å²) in [5, 5.41) is 3.53. The minimum absolute atomic E-state index is 0.668. The molecule has 2 aliphatic rings. The second kappa shape index (κ2) is 6.86. The van der Waals surface area contributed by atoms with Crippen LogP contribution in [0.1, 0.15) is 36.9 Å². The number of likely N-dealkylation sites (N-methyl/N-ethyl adjacent to an activating group) is 2. The van der Waals surface area contributed by atoms with Gasteiger partial charge in [0.2, 0.25) is 0 Å². The monoisotopic (exact) mass is 288 g/mol. The normalized spacial score (nSPS) is 23.7. The van der Waals surface area contributed by atoms with Crippen LogP contribution in [-0.2, 0) is 13.1 Å². The van der Waals surface area contributed by atoms with Crippen molar-refractivity contribution in [2.75, 3.05) is 27.2 Å². The van der Waals surface area contributed by atoms with Crippen molar-refractivity contribution < 1.29 is 0 Å². The Kier molecular flexibility index (Phi) is 4.88. The predicted octanol–water partition coefficient (Wildman–Crippen LogP) is 1.86. The molecule has 4 nitrogen and oxygen atoms in total. The second-order valence-electron chi connectivity index (χ2n) is 6.79. The number of rotatable bonds is 6. The lowest BCUT2D eigenvalue weighted by atomic mass is 10.0. The minimum atomic E-state index is 0.668. The molecule has 1 saturated carbocycles. The van der Waals surface area contributed by atoms with Crippen molar-refractivity contribution in [2.24, 2.45) is 0 Å². The Morgan fingerprint density at radius 3 is 2.86 bits per heavy atom. The van der Waals surface area contributed by atoms with Gasteiger partial charge in [0, 0.05) is 37.9 Å². The van der Waals surface area contributed by atoms with Crippen LogP contribution in [-0.4, -0.2) is 54.1 Å². The number of nitrogens with zero attached hydrogens (tertiary/aromatic N) is 3. The van der Waals surface area contributed by atoms with E-state index >= 15 is 0 Å². The number of hydrogen-bond acceptors (Lipinski definition) is 4. The Bertz CT molecular complexity index is 441. The average molecular weight is 288 g/mol. The molecule has 1 saturated heterocycles. The van der Waals surface area contributed by atoms with E-state index < -0.39 is 0 Å². The van der Waals surface area contributed by atoms with Gasteiger partial charge in [0.05, 0.1) is 5.69 Å². The van der Waals surface area contributed by atoms with Gasteiger partial charge in [-0.05, 0) is 58.0 Å². The number of piperidine rings is 1. The number of pyridine rings is 1. The van der Waals surface area contributed by atoms with Gasteiger partial charge >= 0.3 is 0 Å². The van der Waals surface area contributed by atoms with E-state index in [1.165, 1.54) is 50.0 Å². The molecule has 21 heavy (non-hydrogen) atoms. The predicted molar refractivity (Wildman–Crippen MR) is 86.1 cm³/mol. The summed E-state index contributed by atoms with van der Waals surface area (Å²) in [6.45, 7) is 4.33. The van der Waals surface area contributed by atoms with Gasteiger partial charge in [0.1, 0.15) is 0 Å². The third kappa shape index (κ3) is 4.50. The third-order valence-electron chi connectivity index (χ3n) is 4.69. The molecule has 1 unspecified atom stereocenters. The van der Waals surface area contributed by atoms with Gasteiger partial charge in [0.15, 0.2) is 0 Å². The number of aromatic nitrogens is 1. The van der Waals surface area contributed by atoms with E-state index in [1.54, 1.807) is 0 Å². The fraction of sp³-hybridized carbons (Fsp3) is 0.706. The highest BCUT2D eigenvalue weighted by Gasteiger charge is 2.21. The minimum Gasteiger partial charge on any atom is -0.310 e. The Morgan fingerprint density at radius 1 is 1.33 bits per heavy atom. The van der Waals surface area contributed by atoms with Crippen LogP contribution in [0.4, 0.5) is 0 Å². The van der Waals surface area contributed by atoms with Crippen LogP contribution in [0, 0.1) is 0 Å². The lowest BCUT2D eigenvalue weighted by molar-refractivity contribution is 0.128. The fourth-order valence-electron chi connectivity index (χ4n) is 3.09. The SMILES string of the molecule is CN1CCCC(N(C)Cc2ccc(CNC3CC3)cn2)C1. The van der Waals surface area contributed by atoms with Crippen molar-refractivity contribution in [2.45, 2.75) is 50.9 Å². The molecule has 1 aliphatic carbocycles. The summed E-state index contributed by atoms with van der Waals surface area (Å²) in [5.41, 5.74) is 2.48. The molecule has 4 heteroatoms. The average Bonchev–Trinajstić information content (AvgIpc) is 3.31. The largest absolute Gasteiger partial charge is 0.310 e. The maximum atomic E-state index is 4.64. The van der Waals surface area contributed by atoms with E-state index in [2.05, 4.69) is 46.3 Å². The van der Waals surface area contributed by atoms with E-state index in [-0.39, 0.29) is 0 Å². The number of nitrogens with one attached hydrogen (secondary N) is 1. The van der Waals surface area contributed by atoms with Crippen LogP contribution in [0.25, 0.3) is 0 Å². The highest BCUT2D eigenvalue weighted by molar-refractivity contribution is 5.14. The zero-order valence-electron chi connectivity index (χ0n) is 13.4. The molecular weight excluding hydrogens is 260 g/mol. The Labute approximate surface area is 128 Å². The second-order valence-corrected chi connectivity index (χ2v) is 6.79. The topological polar surface area (TPSA) is 31.4 Å². The highest BCUT2D eigenvalue weighted by atomic mass is 15.2. The van der Waals surface area contributed by atoms with Crippen LogP contribution >= 0.6 is 0 Å². The van der Waals surface area contributed by atoms with Gasteiger partial charge in [0.25, 0.3) is 0 Å². The summed E-state index contributed by atoms with van der Waals surface area (Å²) in [4.78, 5) is 9.53. The molecule has 1 aliphatic heterocycles. The van der Waals surface area contributed by atoms with Crippen LogP contribution in [0.2, 0.25) is 0 Å². The van der Waals surface area contributed by atoms with E-state index in [9.17, 15) is 0 Å².